The summed E-state index contributed by atoms with van der Waals surface area (Å²) in [6, 6.07) is 8.43. The number of halogens is 4. The molecule has 0 aliphatic rings. The Bertz CT molecular complexity index is 602. The van der Waals surface area contributed by atoms with Crippen molar-refractivity contribution in [2.45, 2.75) is 6.04 Å². The lowest BCUT2D eigenvalue weighted by molar-refractivity contribution is 0.487. The summed E-state index contributed by atoms with van der Waals surface area (Å²) in [6.07, 6.45) is 0. The molecule has 0 fully saturated rings. The zero-order valence-corrected chi connectivity index (χ0v) is 11.6. The van der Waals surface area contributed by atoms with Crippen LogP contribution in [0.5, 0.6) is 0 Å². The molecule has 1 nitrogen and oxygen atoms in total. The van der Waals surface area contributed by atoms with Gasteiger partial charge in [0.05, 0.1) is 6.04 Å². The molecule has 0 heterocycles. The van der Waals surface area contributed by atoms with Crippen LogP contribution in [0, 0.1) is 11.6 Å². The summed E-state index contributed by atoms with van der Waals surface area (Å²) in [5.74, 6) is -1.77. The fourth-order valence-corrected chi connectivity index (χ4v) is 2.48. The topological polar surface area (TPSA) is 12.0 Å². The highest BCUT2D eigenvalue weighted by Crippen LogP contribution is 2.31. The summed E-state index contributed by atoms with van der Waals surface area (Å²) in [7, 11) is 1.65. The Balaban J connectivity index is 2.53. The lowest BCUT2D eigenvalue weighted by Crippen LogP contribution is -2.19. The molecule has 0 amide bonds. The summed E-state index contributed by atoms with van der Waals surface area (Å²) in [6.45, 7) is 0. The number of nitrogens with one attached hydrogen (secondary N) is 1. The van der Waals surface area contributed by atoms with E-state index in [1.54, 1.807) is 25.2 Å². The largest absolute Gasteiger partial charge is 0.309 e. The van der Waals surface area contributed by atoms with Crippen LogP contribution >= 0.6 is 23.2 Å². The molecule has 1 N–H and O–H groups in total. The third-order valence-corrected chi connectivity index (χ3v) is 3.42. The highest BCUT2D eigenvalue weighted by atomic mass is 35.5. The maximum Gasteiger partial charge on any atom is 0.163 e. The van der Waals surface area contributed by atoms with Crippen LogP contribution in [0.3, 0.4) is 0 Å². The Morgan fingerprint density at radius 1 is 1.05 bits per heavy atom. The van der Waals surface area contributed by atoms with E-state index in [4.69, 9.17) is 23.2 Å². The second-order valence-corrected chi connectivity index (χ2v) is 4.87. The van der Waals surface area contributed by atoms with Gasteiger partial charge in [0.2, 0.25) is 0 Å². The van der Waals surface area contributed by atoms with Crippen molar-refractivity contribution in [1.82, 2.24) is 5.32 Å². The van der Waals surface area contributed by atoms with Crippen LogP contribution in [-0.4, -0.2) is 7.05 Å². The predicted molar refractivity (Wildman–Crippen MR) is 73.7 cm³/mol. The van der Waals surface area contributed by atoms with E-state index in [0.29, 0.717) is 15.6 Å². The zero-order chi connectivity index (χ0) is 14.0. The molecule has 100 valence electrons. The van der Waals surface area contributed by atoms with E-state index in [9.17, 15) is 8.78 Å². The molecule has 5 heteroatoms. The fraction of sp³-hybridized carbons (Fsp3) is 0.143. The highest BCUT2D eigenvalue weighted by molar-refractivity contribution is 6.35. The van der Waals surface area contributed by atoms with E-state index < -0.39 is 17.7 Å². The van der Waals surface area contributed by atoms with Gasteiger partial charge in [-0.3, -0.25) is 0 Å². The average Bonchev–Trinajstić information content (AvgIpc) is 2.37. The van der Waals surface area contributed by atoms with Crippen molar-refractivity contribution < 1.29 is 8.78 Å². The average molecular weight is 302 g/mol. The summed E-state index contributed by atoms with van der Waals surface area (Å²) in [5.41, 5.74) is 0.838. The summed E-state index contributed by atoms with van der Waals surface area (Å²) in [5, 5.41) is 3.82. The molecule has 2 aromatic carbocycles. The molecule has 2 aromatic rings. The van der Waals surface area contributed by atoms with Gasteiger partial charge in [0.1, 0.15) is 0 Å². The maximum absolute atomic E-state index is 13.9. The molecule has 1 atom stereocenters. The highest BCUT2D eigenvalue weighted by Gasteiger charge is 2.20. The molecule has 0 bridgehead atoms. The van der Waals surface area contributed by atoms with Gasteiger partial charge in [0, 0.05) is 15.6 Å². The van der Waals surface area contributed by atoms with Crippen molar-refractivity contribution in [1.29, 1.82) is 0 Å². The Morgan fingerprint density at radius 2 is 1.79 bits per heavy atom. The minimum atomic E-state index is -0.886. The summed E-state index contributed by atoms with van der Waals surface area (Å²) >= 11 is 11.9. The molecule has 0 saturated heterocycles. The molecular formula is C14H11Cl2F2N. The van der Waals surface area contributed by atoms with Crippen LogP contribution in [0.1, 0.15) is 17.2 Å². The minimum Gasteiger partial charge on any atom is -0.309 e. The van der Waals surface area contributed by atoms with Gasteiger partial charge in [0.25, 0.3) is 0 Å². The van der Waals surface area contributed by atoms with E-state index in [-0.39, 0.29) is 5.56 Å². The molecule has 0 radical (unpaired) electrons. The minimum absolute atomic E-state index is 0.201. The van der Waals surface area contributed by atoms with Crippen molar-refractivity contribution in [2.24, 2.45) is 0 Å². The van der Waals surface area contributed by atoms with E-state index in [0.717, 1.165) is 6.07 Å². The van der Waals surface area contributed by atoms with Crippen molar-refractivity contribution >= 4 is 23.2 Å². The molecule has 0 aliphatic carbocycles. The first-order valence-electron chi connectivity index (χ1n) is 5.60. The molecule has 0 aromatic heterocycles. The standard InChI is InChI=1S/C14H11Cl2F2N/c1-19-14(9-6-5-8(15)7-11(9)16)10-3-2-4-12(17)13(10)18/h2-7,14,19H,1H3. The van der Waals surface area contributed by atoms with E-state index >= 15 is 0 Å². The third-order valence-electron chi connectivity index (χ3n) is 2.85. The van der Waals surface area contributed by atoms with Crippen LogP contribution in [-0.2, 0) is 0 Å². The monoisotopic (exact) mass is 301 g/mol. The summed E-state index contributed by atoms with van der Waals surface area (Å²) in [4.78, 5) is 0. The molecule has 0 saturated carbocycles. The van der Waals surface area contributed by atoms with Gasteiger partial charge in [-0.25, -0.2) is 8.78 Å². The number of rotatable bonds is 3. The Kier molecular flexibility index (Phi) is 4.40. The molecule has 19 heavy (non-hydrogen) atoms. The van der Waals surface area contributed by atoms with E-state index in [2.05, 4.69) is 5.32 Å². The lowest BCUT2D eigenvalue weighted by Gasteiger charge is -2.19. The Morgan fingerprint density at radius 3 is 2.42 bits per heavy atom. The lowest BCUT2D eigenvalue weighted by atomic mass is 9.98. The fourth-order valence-electron chi connectivity index (χ4n) is 1.96. The first-order chi connectivity index (χ1) is 9.04. The SMILES string of the molecule is CNC(c1ccc(Cl)cc1Cl)c1cccc(F)c1F. The van der Waals surface area contributed by atoms with Crippen molar-refractivity contribution in [3.8, 4) is 0 Å². The zero-order valence-electron chi connectivity index (χ0n) is 10.1. The van der Waals surface area contributed by atoms with Crippen LogP contribution in [0.15, 0.2) is 36.4 Å². The number of hydrogen-bond acceptors (Lipinski definition) is 1. The maximum atomic E-state index is 13.9. The van der Waals surface area contributed by atoms with Crippen molar-refractivity contribution in [3.05, 3.63) is 69.2 Å². The Hall–Kier alpha value is -1.16. The van der Waals surface area contributed by atoms with E-state index in [1.807, 2.05) is 0 Å². The second-order valence-electron chi connectivity index (χ2n) is 4.03. The normalized spacial score (nSPS) is 12.5. The van der Waals surface area contributed by atoms with Crippen molar-refractivity contribution in [2.75, 3.05) is 7.05 Å². The van der Waals surface area contributed by atoms with Crippen LogP contribution < -0.4 is 5.32 Å². The van der Waals surface area contributed by atoms with Crippen molar-refractivity contribution in [3.63, 3.8) is 0 Å². The van der Waals surface area contributed by atoms with Gasteiger partial charge in [0.15, 0.2) is 11.6 Å². The van der Waals surface area contributed by atoms with Gasteiger partial charge in [-0.05, 0) is 30.8 Å². The first-order valence-corrected chi connectivity index (χ1v) is 6.36. The molecule has 2 rings (SSSR count). The second kappa shape index (κ2) is 5.87. The summed E-state index contributed by atoms with van der Waals surface area (Å²) < 4.78 is 27.2. The predicted octanol–water partition coefficient (Wildman–Crippen LogP) is 4.58. The Labute approximate surface area is 120 Å². The van der Waals surface area contributed by atoms with Crippen LogP contribution in [0.4, 0.5) is 8.78 Å². The number of hydrogen-bond donors (Lipinski definition) is 1. The first kappa shape index (κ1) is 14.3. The third kappa shape index (κ3) is 2.89. The number of benzene rings is 2. The molecule has 1 unspecified atom stereocenters. The van der Waals surface area contributed by atoms with E-state index in [1.165, 1.54) is 12.1 Å². The quantitative estimate of drug-likeness (QED) is 0.875. The molecule has 0 spiro atoms. The van der Waals surface area contributed by atoms with Gasteiger partial charge in [-0.15, -0.1) is 0 Å². The molecular weight excluding hydrogens is 291 g/mol. The van der Waals surface area contributed by atoms with Crippen LogP contribution in [0.25, 0.3) is 0 Å². The van der Waals surface area contributed by atoms with Crippen LogP contribution in [0.2, 0.25) is 10.0 Å². The van der Waals surface area contributed by atoms with Gasteiger partial charge in [-0.1, -0.05) is 41.4 Å². The smallest absolute Gasteiger partial charge is 0.163 e. The van der Waals surface area contributed by atoms with Gasteiger partial charge >= 0.3 is 0 Å². The molecule has 0 aliphatic heterocycles. The van der Waals surface area contributed by atoms with Gasteiger partial charge < -0.3 is 5.32 Å². The van der Waals surface area contributed by atoms with Gasteiger partial charge in [-0.2, -0.15) is 0 Å².